The molecule has 1 saturated heterocycles. The molecule has 2 aromatic rings. The van der Waals surface area contributed by atoms with E-state index in [1.54, 1.807) is 18.2 Å². The lowest BCUT2D eigenvalue weighted by Crippen LogP contribution is -2.38. The lowest BCUT2D eigenvalue weighted by Gasteiger charge is -2.12. The Balaban J connectivity index is 1.69. The van der Waals surface area contributed by atoms with Crippen LogP contribution >= 0.6 is 0 Å². The second-order valence-electron chi connectivity index (χ2n) is 6.01. The molecule has 4 amide bonds. The zero-order valence-electron chi connectivity index (χ0n) is 14.7. The highest BCUT2D eigenvalue weighted by Crippen LogP contribution is 2.15. The van der Waals surface area contributed by atoms with Gasteiger partial charge in [-0.1, -0.05) is 17.7 Å². The van der Waals surface area contributed by atoms with Crippen LogP contribution in [0, 0.1) is 6.92 Å². The number of benzene rings is 1. The van der Waals surface area contributed by atoms with Crippen LogP contribution in [0.3, 0.4) is 0 Å². The molecule has 0 radical (unpaired) electrons. The van der Waals surface area contributed by atoms with E-state index < -0.39 is 17.8 Å². The number of rotatable bonds is 5. The number of amides is 4. The van der Waals surface area contributed by atoms with E-state index in [1.807, 2.05) is 48.9 Å². The van der Waals surface area contributed by atoms with Gasteiger partial charge >= 0.3 is 6.03 Å². The van der Waals surface area contributed by atoms with Crippen LogP contribution in [-0.4, -0.2) is 33.9 Å². The summed E-state index contributed by atoms with van der Waals surface area (Å²) in [6.45, 7) is 4.34. The van der Waals surface area contributed by atoms with Crippen LogP contribution in [-0.2, 0) is 16.1 Å². The average molecular weight is 352 g/mol. The van der Waals surface area contributed by atoms with Crippen LogP contribution in [0.1, 0.15) is 18.2 Å². The van der Waals surface area contributed by atoms with Crippen molar-refractivity contribution in [2.75, 3.05) is 11.9 Å². The van der Waals surface area contributed by atoms with E-state index in [9.17, 15) is 14.4 Å². The fourth-order valence-electron chi connectivity index (χ4n) is 2.69. The number of aryl methyl sites for hydroxylation is 2. The molecule has 2 heterocycles. The van der Waals surface area contributed by atoms with Crippen molar-refractivity contribution in [2.45, 2.75) is 20.4 Å². The van der Waals surface area contributed by atoms with Gasteiger partial charge in [0.2, 0.25) is 5.91 Å². The van der Waals surface area contributed by atoms with Gasteiger partial charge in [-0.25, -0.2) is 9.69 Å². The minimum absolute atomic E-state index is 0.159. The molecule has 1 aliphatic rings. The highest BCUT2D eigenvalue weighted by atomic mass is 16.2. The van der Waals surface area contributed by atoms with Crippen molar-refractivity contribution in [3.63, 3.8) is 0 Å². The third-order valence-electron chi connectivity index (χ3n) is 4.10. The summed E-state index contributed by atoms with van der Waals surface area (Å²) in [5, 5.41) is 5.20. The molecule has 0 spiro atoms. The number of aromatic nitrogens is 1. The maximum Gasteiger partial charge on any atom is 0.329 e. The number of hydrogen-bond acceptors (Lipinski definition) is 3. The zero-order valence-corrected chi connectivity index (χ0v) is 14.7. The molecule has 1 aromatic heterocycles. The molecule has 3 rings (SSSR count). The number of carbonyl (C=O) groups is 3. The number of urea groups is 1. The summed E-state index contributed by atoms with van der Waals surface area (Å²) in [5.41, 5.74) is 2.65. The van der Waals surface area contributed by atoms with Gasteiger partial charge in [-0.2, -0.15) is 0 Å². The number of hydrogen-bond donors (Lipinski definition) is 2. The van der Waals surface area contributed by atoms with E-state index in [0.717, 1.165) is 22.7 Å². The standard InChI is InChI=1S/C19H20N4O3/c1-3-22-10-4-5-15(22)11-16-18(25)23(19(26)21-16)12-17(24)20-14-8-6-13(2)7-9-14/h4-11H,3,12H2,1-2H3,(H,20,24)(H,21,26)/b16-11+. The molecule has 134 valence electrons. The van der Waals surface area contributed by atoms with Crippen molar-refractivity contribution in [1.82, 2.24) is 14.8 Å². The van der Waals surface area contributed by atoms with Gasteiger partial charge in [0.15, 0.2) is 0 Å². The Morgan fingerprint density at radius 3 is 2.62 bits per heavy atom. The van der Waals surface area contributed by atoms with Crippen molar-refractivity contribution in [1.29, 1.82) is 0 Å². The summed E-state index contributed by atoms with van der Waals surface area (Å²) < 4.78 is 1.94. The third-order valence-corrected chi connectivity index (χ3v) is 4.10. The van der Waals surface area contributed by atoms with Crippen LogP contribution in [0.25, 0.3) is 6.08 Å². The van der Waals surface area contributed by atoms with Crippen molar-refractivity contribution < 1.29 is 14.4 Å². The quantitative estimate of drug-likeness (QED) is 0.640. The number of carbonyl (C=O) groups excluding carboxylic acids is 3. The Morgan fingerprint density at radius 2 is 1.92 bits per heavy atom. The molecule has 0 saturated carbocycles. The van der Waals surface area contributed by atoms with Crippen molar-refractivity contribution in [3.8, 4) is 0 Å². The number of nitrogens with one attached hydrogen (secondary N) is 2. The van der Waals surface area contributed by atoms with Crippen LogP contribution < -0.4 is 10.6 Å². The average Bonchev–Trinajstić information content (AvgIpc) is 3.17. The van der Waals surface area contributed by atoms with Gasteiger partial charge in [0.1, 0.15) is 12.2 Å². The van der Waals surface area contributed by atoms with Gasteiger partial charge in [-0.15, -0.1) is 0 Å². The molecule has 0 aliphatic carbocycles. The van der Waals surface area contributed by atoms with Gasteiger partial charge in [0.05, 0.1) is 0 Å². The summed E-state index contributed by atoms with van der Waals surface area (Å²) in [7, 11) is 0. The Bertz CT molecular complexity index is 880. The Labute approximate surface area is 151 Å². The molecule has 26 heavy (non-hydrogen) atoms. The Hall–Kier alpha value is -3.35. The third kappa shape index (κ3) is 3.66. The molecule has 0 atom stereocenters. The first-order chi connectivity index (χ1) is 12.5. The molecule has 7 heteroatoms. The van der Waals surface area contributed by atoms with E-state index in [0.29, 0.717) is 5.69 Å². The molecule has 7 nitrogen and oxygen atoms in total. The van der Waals surface area contributed by atoms with Gasteiger partial charge in [0.25, 0.3) is 5.91 Å². The number of anilines is 1. The molecular weight excluding hydrogens is 332 g/mol. The highest BCUT2D eigenvalue weighted by molar-refractivity contribution is 6.15. The minimum Gasteiger partial charge on any atom is -0.348 e. The van der Waals surface area contributed by atoms with E-state index in [4.69, 9.17) is 0 Å². The lowest BCUT2D eigenvalue weighted by atomic mass is 10.2. The zero-order chi connectivity index (χ0) is 18.7. The van der Waals surface area contributed by atoms with Crippen molar-refractivity contribution in [3.05, 3.63) is 59.5 Å². The topological polar surface area (TPSA) is 83.4 Å². The SMILES string of the molecule is CCn1cccc1/C=C1/NC(=O)N(CC(=O)Nc2ccc(C)cc2)C1=O. The Kier molecular flexibility index (Phi) is 4.88. The Morgan fingerprint density at radius 1 is 1.19 bits per heavy atom. The highest BCUT2D eigenvalue weighted by Gasteiger charge is 2.35. The molecule has 0 bridgehead atoms. The fourth-order valence-corrected chi connectivity index (χ4v) is 2.69. The van der Waals surface area contributed by atoms with Gasteiger partial charge in [0, 0.05) is 24.1 Å². The molecule has 1 aliphatic heterocycles. The molecule has 0 unspecified atom stereocenters. The van der Waals surface area contributed by atoms with E-state index in [2.05, 4.69) is 10.6 Å². The molecule has 1 aromatic carbocycles. The second kappa shape index (κ2) is 7.26. The summed E-state index contributed by atoms with van der Waals surface area (Å²) in [6, 6.07) is 10.4. The first-order valence-electron chi connectivity index (χ1n) is 8.34. The number of imide groups is 1. The first-order valence-corrected chi connectivity index (χ1v) is 8.34. The van der Waals surface area contributed by atoms with Crippen LogP contribution in [0.15, 0.2) is 48.3 Å². The normalized spacial score (nSPS) is 15.5. The second-order valence-corrected chi connectivity index (χ2v) is 6.01. The lowest BCUT2D eigenvalue weighted by molar-refractivity contribution is -0.127. The van der Waals surface area contributed by atoms with Gasteiger partial charge in [-0.05, 0) is 44.2 Å². The minimum atomic E-state index is -0.602. The van der Waals surface area contributed by atoms with E-state index in [-0.39, 0.29) is 12.2 Å². The monoisotopic (exact) mass is 352 g/mol. The maximum absolute atomic E-state index is 12.5. The molecule has 2 N–H and O–H groups in total. The summed E-state index contributed by atoms with van der Waals surface area (Å²) >= 11 is 0. The predicted molar refractivity (Wildman–Crippen MR) is 98.1 cm³/mol. The van der Waals surface area contributed by atoms with Crippen LogP contribution in [0.2, 0.25) is 0 Å². The molecule has 1 fully saturated rings. The molecular formula is C19H20N4O3. The van der Waals surface area contributed by atoms with E-state index in [1.165, 1.54) is 0 Å². The largest absolute Gasteiger partial charge is 0.348 e. The summed E-state index contributed by atoms with van der Waals surface area (Å²) in [6.07, 6.45) is 3.50. The maximum atomic E-state index is 12.5. The first kappa shape index (κ1) is 17.5. The summed E-state index contributed by atoms with van der Waals surface area (Å²) in [4.78, 5) is 37.6. The van der Waals surface area contributed by atoms with Crippen LogP contribution in [0.4, 0.5) is 10.5 Å². The van der Waals surface area contributed by atoms with Crippen LogP contribution in [0.5, 0.6) is 0 Å². The van der Waals surface area contributed by atoms with Crippen molar-refractivity contribution in [2.24, 2.45) is 0 Å². The smallest absolute Gasteiger partial charge is 0.329 e. The number of nitrogens with zero attached hydrogens (tertiary/aromatic N) is 2. The van der Waals surface area contributed by atoms with Gasteiger partial charge in [-0.3, -0.25) is 9.59 Å². The van der Waals surface area contributed by atoms with Gasteiger partial charge < -0.3 is 15.2 Å². The van der Waals surface area contributed by atoms with Crippen molar-refractivity contribution >= 4 is 29.6 Å². The predicted octanol–water partition coefficient (Wildman–Crippen LogP) is 2.35. The van der Waals surface area contributed by atoms with E-state index >= 15 is 0 Å². The fraction of sp³-hybridized carbons (Fsp3) is 0.211. The summed E-state index contributed by atoms with van der Waals surface area (Å²) in [5.74, 6) is -0.951.